The normalized spacial score (nSPS) is 18.7. The number of halogens is 2. The Morgan fingerprint density at radius 1 is 1.15 bits per heavy atom. The molecule has 2 aromatic rings. The van der Waals surface area contributed by atoms with Crippen LogP contribution in [0.1, 0.15) is 48.1 Å². The predicted molar refractivity (Wildman–Crippen MR) is 127 cm³/mol. The van der Waals surface area contributed by atoms with E-state index in [0.717, 1.165) is 38.0 Å². The van der Waals surface area contributed by atoms with Crippen molar-refractivity contribution in [2.24, 2.45) is 5.92 Å². The van der Waals surface area contributed by atoms with E-state index >= 15 is 0 Å². The minimum Gasteiger partial charge on any atom is -0.349 e. The van der Waals surface area contributed by atoms with Crippen molar-refractivity contribution in [3.63, 3.8) is 0 Å². The van der Waals surface area contributed by atoms with E-state index < -0.39 is 11.7 Å². The molecule has 0 bridgehead atoms. The van der Waals surface area contributed by atoms with Crippen LogP contribution in [0.25, 0.3) is 0 Å². The van der Waals surface area contributed by atoms with E-state index in [-0.39, 0.29) is 28.5 Å². The van der Waals surface area contributed by atoms with Crippen molar-refractivity contribution in [2.45, 2.75) is 32.2 Å². The van der Waals surface area contributed by atoms with Gasteiger partial charge in [-0.05, 0) is 36.1 Å². The van der Waals surface area contributed by atoms with Gasteiger partial charge >= 0.3 is 0 Å². The number of carbonyl (C=O) groups excluding carboxylic acids is 2. The summed E-state index contributed by atoms with van der Waals surface area (Å²) in [4.78, 5) is 29.0. The molecule has 0 aromatic heterocycles. The van der Waals surface area contributed by atoms with Crippen LogP contribution in [0.5, 0.6) is 0 Å². The molecular weight excluding hydrogens is 441 g/mol. The summed E-state index contributed by atoms with van der Waals surface area (Å²) in [7, 11) is 0. The summed E-state index contributed by atoms with van der Waals surface area (Å²) >= 11 is 6.08. The van der Waals surface area contributed by atoms with E-state index in [1.807, 2.05) is 31.3 Å². The first-order chi connectivity index (χ1) is 16.0. The molecule has 33 heavy (non-hydrogen) atoms. The summed E-state index contributed by atoms with van der Waals surface area (Å²) in [6.45, 7) is 4.98. The minimum atomic E-state index is -0.596. The summed E-state index contributed by atoms with van der Waals surface area (Å²) in [5.74, 6) is -0.673. The number of nitrogens with zero attached hydrogens (tertiary/aromatic N) is 2. The smallest absolute Gasteiger partial charge is 0.262 e. The van der Waals surface area contributed by atoms with Crippen LogP contribution in [0, 0.1) is 11.7 Å². The largest absolute Gasteiger partial charge is 0.349 e. The first-order valence-corrected chi connectivity index (χ1v) is 11.9. The average Bonchev–Trinajstić information content (AvgIpc) is 3.36. The van der Waals surface area contributed by atoms with E-state index in [4.69, 9.17) is 11.6 Å². The molecule has 7 heteroatoms. The second-order valence-corrected chi connectivity index (χ2v) is 9.17. The Morgan fingerprint density at radius 2 is 1.94 bits per heavy atom. The molecule has 1 unspecified atom stereocenters. The van der Waals surface area contributed by atoms with Gasteiger partial charge in [-0.1, -0.05) is 54.9 Å². The molecule has 2 amide bonds. The molecule has 1 saturated heterocycles. The topological polar surface area (TPSA) is 52.7 Å². The molecule has 5 nitrogen and oxygen atoms in total. The molecular formula is C26H29ClFN3O2. The number of hydrogen-bond donors (Lipinski definition) is 1. The van der Waals surface area contributed by atoms with E-state index in [1.54, 1.807) is 4.90 Å². The molecule has 1 fully saturated rings. The number of likely N-dealkylation sites (tertiary alicyclic amines) is 1. The number of benzene rings is 2. The van der Waals surface area contributed by atoms with Gasteiger partial charge in [-0.25, -0.2) is 4.39 Å². The van der Waals surface area contributed by atoms with Crippen molar-refractivity contribution in [3.8, 4) is 0 Å². The van der Waals surface area contributed by atoms with Crippen LogP contribution < -0.4 is 5.32 Å². The van der Waals surface area contributed by atoms with Gasteiger partial charge in [0.1, 0.15) is 5.82 Å². The maximum Gasteiger partial charge on any atom is 0.262 e. The van der Waals surface area contributed by atoms with Crippen LogP contribution in [-0.2, 0) is 4.79 Å². The SMILES string of the molecule is CCCC(=O)N[C@@H](CCN1CC2=CN(C(=O)c3c(F)cccc3Cl)CC2C1)c1ccccc1. The summed E-state index contributed by atoms with van der Waals surface area (Å²) in [6.07, 6.45) is 4.01. The zero-order valence-corrected chi connectivity index (χ0v) is 19.5. The lowest BCUT2D eigenvalue weighted by Gasteiger charge is -2.24. The number of hydrogen-bond acceptors (Lipinski definition) is 3. The highest BCUT2D eigenvalue weighted by Crippen LogP contribution is 2.32. The van der Waals surface area contributed by atoms with Crippen LogP contribution in [0.3, 0.4) is 0 Å². The third-order valence-corrected chi connectivity index (χ3v) is 6.65. The Kier molecular flexibility index (Phi) is 7.46. The number of amides is 2. The standard InChI is InChI=1S/C26H29ClFN3O2/c1-2-7-24(32)29-23(18-8-4-3-5-9-18)12-13-30-14-19-16-31(17-20(19)15-30)26(33)25-21(27)10-6-11-22(25)28/h3-6,8-11,16,20,23H,2,7,12-15,17H2,1H3,(H,29,32)/t20?,23-/m0/s1. The van der Waals surface area contributed by atoms with Crippen LogP contribution in [0.2, 0.25) is 5.02 Å². The van der Waals surface area contributed by atoms with Gasteiger partial charge in [0.05, 0.1) is 16.6 Å². The molecule has 2 atom stereocenters. The lowest BCUT2D eigenvalue weighted by Crippen LogP contribution is -2.33. The number of nitrogens with one attached hydrogen (secondary N) is 1. The van der Waals surface area contributed by atoms with Gasteiger partial charge in [0.15, 0.2) is 0 Å². The molecule has 0 saturated carbocycles. The second-order valence-electron chi connectivity index (χ2n) is 8.76. The highest BCUT2D eigenvalue weighted by molar-refractivity contribution is 6.33. The van der Waals surface area contributed by atoms with Gasteiger partial charge in [0, 0.05) is 44.7 Å². The molecule has 174 valence electrons. The van der Waals surface area contributed by atoms with Crippen molar-refractivity contribution in [3.05, 3.63) is 82.3 Å². The molecule has 2 aromatic carbocycles. The third-order valence-electron chi connectivity index (χ3n) is 6.33. The molecule has 4 rings (SSSR count). The first kappa shape index (κ1) is 23.5. The van der Waals surface area contributed by atoms with Crippen LogP contribution in [-0.4, -0.2) is 47.8 Å². The van der Waals surface area contributed by atoms with Crippen molar-refractivity contribution in [2.75, 3.05) is 26.2 Å². The van der Waals surface area contributed by atoms with Crippen LogP contribution in [0.15, 0.2) is 60.3 Å². The van der Waals surface area contributed by atoms with E-state index in [9.17, 15) is 14.0 Å². The molecule has 2 heterocycles. The summed E-state index contributed by atoms with van der Waals surface area (Å²) < 4.78 is 14.2. The molecule has 0 aliphatic carbocycles. The summed E-state index contributed by atoms with van der Waals surface area (Å²) in [5.41, 5.74) is 2.22. The molecule has 0 radical (unpaired) electrons. The fraction of sp³-hybridized carbons (Fsp3) is 0.385. The molecule has 2 aliphatic heterocycles. The Balaban J connectivity index is 1.37. The highest BCUT2D eigenvalue weighted by Gasteiger charge is 2.36. The number of fused-ring (bicyclic) bond motifs is 1. The van der Waals surface area contributed by atoms with Gasteiger partial charge in [0.25, 0.3) is 5.91 Å². The van der Waals surface area contributed by atoms with Crippen molar-refractivity contribution in [1.29, 1.82) is 0 Å². The van der Waals surface area contributed by atoms with E-state index in [1.165, 1.54) is 23.8 Å². The Morgan fingerprint density at radius 3 is 2.64 bits per heavy atom. The molecule has 1 N–H and O–H groups in total. The minimum absolute atomic E-state index is 0.0269. The summed E-state index contributed by atoms with van der Waals surface area (Å²) in [6, 6.07) is 14.3. The predicted octanol–water partition coefficient (Wildman–Crippen LogP) is 4.80. The number of carbonyl (C=O) groups is 2. The third kappa shape index (κ3) is 5.45. The lowest BCUT2D eigenvalue weighted by atomic mass is 10.0. The fourth-order valence-electron chi connectivity index (χ4n) is 4.66. The van der Waals surface area contributed by atoms with Crippen molar-refractivity contribution >= 4 is 23.4 Å². The van der Waals surface area contributed by atoms with Gasteiger partial charge in [-0.2, -0.15) is 0 Å². The van der Waals surface area contributed by atoms with Gasteiger partial charge in [-0.3, -0.25) is 14.5 Å². The summed E-state index contributed by atoms with van der Waals surface area (Å²) in [5, 5.41) is 3.31. The molecule has 0 spiro atoms. The van der Waals surface area contributed by atoms with E-state index in [0.29, 0.717) is 13.0 Å². The Bertz CT molecular complexity index is 1020. The monoisotopic (exact) mass is 469 g/mol. The average molecular weight is 470 g/mol. The maximum absolute atomic E-state index is 14.2. The molecule has 2 aliphatic rings. The lowest BCUT2D eigenvalue weighted by molar-refractivity contribution is -0.121. The van der Waals surface area contributed by atoms with Gasteiger partial charge in [0.2, 0.25) is 5.91 Å². The van der Waals surface area contributed by atoms with Gasteiger partial charge < -0.3 is 10.2 Å². The van der Waals surface area contributed by atoms with Crippen LogP contribution >= 0.6 is 11.6 Å². The quantitative estimate of drug-likeness (QED) is 0.604. The first-order valence-electron chi connectivity index (χ1n) is 11.5. The zero-order chi connectivity index (χ0) is 23.4. The Labute approximate surface area is 199 Å². The van der Waals surface area contributed by atoms with Crippen LogP contribution in [0.4, 0.5) is 4.39 Å². The van der Waals surface area contributed by atoms with Gasteiger partial charge in [-0.15, -0.1) is 0 Å². The highest BCUT2D eigenvalue weighted by atomic mass is 35.5. The zero-order valence-electron chi connectivity index (χ0n) is 18.8. The maximum atomic E-state index is 14.2. The fourth-order valence-corrected chi connectivity index (χ4v) is 4.91. The number of rotatable bonds is 8. The van der Waals surface area contributed by atoms with Crippen molar-refractivity contribution in [1.82, 2.24) is 15.1 Å². The van der Waals surface area contributed by atoms with E-state index in [2.05, 4.69) is 22.3 Å². The Hall–Kier alpha value is -2.70. The second kappa shape index (κ2) is 10.5. The van der Waals surface area contributed by atoms with Crippen molar-refractivity contribution < 1.29 is 14.0 Å².